The number of thioether (sulfide) groups is 1. The van der Waals surface area contributed by atoms with Crippen LogP contribution in [-0.4, -0.2) is 35.8 Å². The summed E-state index contributed by atoms with van der Waals surface area (Å²) in [6.45, 7) is 5.61. The van der Waals surface area contributed by atoms with Crippen LogP contribution in [0.25, 0.3) is 0 Å². The second kappa shape index (κ2) is 8.37. The maximum absolute atomic E-state index is 8.59. The number of hydrogen-bond acceptors (Lipinski definition) is 3. The van der Waals surface area contributed by atoms with E-state index in [-0.39, 0.29) is 6.61 Å². The highest BCUT2D eigenvalue weighted by atomic mass is 32.2. The molecule has 0 bridgehead atoms. The van der Waals surface area contributed by atoms with Crippen LogP contribution in [0.5, 0.6) is 0 Å². The highest BCUT2D eigenvalue weighted by Gasteiger charge is 1.97. The maximum Gasteiger partial charge on any atom is 0.0445 e. The first-order valence-corrected chi connectivity index (χ1v) is 5.38. The molecule has 0 aliphatic heterocycles. The summed E-state index contributed by atoms with van der Waals surface area (Å²) in [6, 6.07) is 0.456. The monoisotopic (exact) mass is 177 g/mol. The van der Waals surface area contributed by atoms with Crippen molar-refractivity contribution >= 4 is 11.8 Å². The van der Waals surface area contributed by atoms with E-state index in [1.807, 2.05) is 11.8 Å². The molecule has 1 atom stereocenters. The third kappa shape index (κ3) is 8.17. The fourth-order valence-electron chi connectivity index (χ4n) is 0.818. The second-order valence-corrected chi connectivity index (χ2v) is 3.96. The summed E-state index contributed by atoms with van der Waals surface area (Å²) in [5, 5.41) is 11.9. The molecule has 0 amide bonds. The van der Waals surface area contributed by atoms with Crippen LogP contribution in [-0.2, 0) is 0 Å². The maximum atomic E-state index is 8.59. The molecule has 2 N–H and O–H groups in total. The van der Waals surface area contributed by atoms with E-state index >= 15 is 0 Å². The molecule has 1 unspecified atom stereocenters. The van der Waals surface area contributed by atoms with Gasteiger partial charge in [0.2, 0.25) is 0 Å². The number of aliphatic hydroxyl groups excluding tert-OH is 1. The van der Waals surface area contributed by atoms with Crippen molar-refractivity contribution in [2.75, 3.05) is 24.7 Å². The lowest BCUT2D eigenvalue weighted by molar-refractivity contribution is 0.270. The Morgan fingerprint density at radius 3 is 2.82 bits per heavy atom. The molecule has 0 aliphatic rings. The molecule has 0 aliphatic carbocycles. The predicted molar refractivity (Wildman–Crippen MR) is 52.2 cm³/mol. The Morgan fingerprint density at radius 2 is 2.27 bits per heavy atom. The zero-order valence-electron chi connectivity index (χ0n) is 7.47. The molecule has 0 aromatic carbocycles. The summed E-state index contributed by atoms with van der Waals surface area (Å²) in [5.41, 5.74) is 0. The van der Waals surface area contributed by atoms with Crippen molar-refractivity contribution in [2.45, 2.75) is 26.3 Å². The Balaban J connectivity index is 2.97. The van der Waals surface area contributed by atoms with Gasteiger partial charge >= 0.3 is 0 Å². The van der Waals surface area contributed by atoms with Gasteiger partial charge in [-0.1, -0.05) is 6.92 Å². The SMILES string of the molecule is CCSCCNC(C)CCO. The summed E-state index contributed by atoms with van der Waals surface area (Å²) in [4.78, 5) is 0. The van der Waals surface area contributed by atoms with Gasteiger partial charge < -0.3 is 10.4 Å². The van der Waals surface area contributed by atoms with Crippen molar-refractivity contribution in [3.63, 3.8) is 0 Å². The first kappa shape index (κ1) is 11.3. The molecule has 68 valence electrons. The molecule has 0 spiro atoms. The largest absolute Gasteiger partial charge is 0.396 e. The lowest BCUT2D eigenvalue weighted by Gasteiger charge is -2.11. The van der Waals surface area contributed by atoms with Gasteiger partial charge in [-0.05, 0) is 19.1 Å². The van der Waals surface area contributed by atoms with Crippen LogP contribution in [0.2, 0.25) is 0 Å². The predicted octanol–water partition coefficient (Wildman–Crippen LogP) is 1.10. The average Bonchev–Trinajstić information content (AvgIpc) is 1.99. The molecule has 0 rings (SSSR count). The lowest BCUT2D eigenvalue weighted by atomic mass is 10.2. The Bertz CT molecular complexity index is 80.5. The quantitative estimate of drug-likeness (QED) is 0.571. The van der Waals surface area contributed by atoms with Gasteiger partial charge in [-0.3, -0.25) is 0 Å². The van der Waals surface area contributed by atoms with Crippen molar-refractivity contribution < 1.29 is 5.11 Å². The van der Waals surface area contributed by atoms with Crippen molar-refractivity contribution in [1.82, 2.24) is 5.32 Å². The highest BCUT2D eigenvalue weighted by Crippen LogP contribution is 1.96. The molecule has 0 aromatic heterocycles. The summed E-state index contributed by atoms with van der Waals surface area (Å²) >= 11 is 1.94. The van der Waals surface area contributed by atoms with Gasteiger partial charge in [0.05, 0.1) is 0 Å². The lowest BCUT2D eigenvalue weighted by Crippen LogP contribution is -2.28. The fraction of sp³-hybridized carbons (Fsp3) is 1.00. The van der Waals surface area contributed by atoms with Gasteiger partial charge in [0.15, 0.2) is 0 Å². The van der Waals surface area contributed by atoms with Gasteiger partial charge in [-0.2, -0.15) is 11.8 Å². The third-order valence-electron chi connectivity index (χ3n) is 1.51. The van der Waals surface area contributed by atoms with E-state index in [0.717, 1.165) is 13.0 Å². The molecule has 0 heterocycles. The van der Waals surface area contributed by atoms with E-state index in [1.54, 1.807) is 0 Å². The Labute approximate surface area is 73.8 Å². The number of rotatable bonds is 7. The highest BCUT2D eigenvalue weighted by molar-refractivity contribution is 7.99. The molecular formula is C8H19NOS. The van der Waals surface area contributed by atoms with Crippen LogP contribution >= 0.6 is 11.8 Å². The summed E-state index contributed by atoms with van der Waals surface area (Å²) < 4.78 is 0. The van der Waals surface area contributed by atoms with Crippen LogP contribution < -0.4 is 5.32 Å². The minimum absolute atomic E-state index is 0.287. The molecule has 0 radical (unpaired) electrons. The van der Waals surface area contributed by atoms with Gasteiger partial charge in [0.1, 0.15) is 0 Å². The molecule has 0 saturated carbocycles. The van der Waals surface area contributed by atoms with E-state index in [0.29, 0.717) is 6.04 Å². The van der Waals surface area contributed by atoms with Gasteiger partial charge in [0.25, 0.3) is 0 Å². The number of hydrogen-bond donors (Lipinski definition) is 2. The van der Waals surface area contributed by atoms with Crippen LogP contribution in [0.4, 0.5) is 0 Å². The first-order valence-electron chi connectivity index (χ1n) is 4.23. The fourth-order valence-corrected chi connectivity index (χ4v) is 1.37. The summed E-state index contributed by atoms with van der Waals surface area (Å²) in [6.07, 6.45) is 0.858. The van der Waals surface area contributed by atoms with Crippen LogP contribution in [0.3, 0.4) is 0 Å². The van der Waals surface area contributed by atoms with Crippen molar-refractivity contribution in [3.05, 3.63) is 0 Å². The van der Waals surface area contributed by atoms with Crippen molar-refractivity contribution in [1.29, 1.82) is 0 Å². The molecule has 2 nitrogen and oxygen atoms in total. The van der Waals surface area contributed by atoms with Gasteiger partial charge in [0, 0.05) is 24.9 Å². The minimum Gasteiger partial charge on any atom is -0.396 e. The topological polar surface area (TPSA) is 32.3 Å². The van der Waals surface area contributed by atoms with Crippen LogP contribution in [0, 0.1) is 0 Å². The van der Waals surface area contributed by atoms with Crippen molar-refractivity contribution in [3.8, 4) is 0 Å². The van der Waals surface area contributed by atoms with E-state index < -0.39 is 0 Å². The Hall–Kier alpha value is 0.270. The van der Waals surface area contributed by atoms with E-state index in [4.69, 9.17) is 5.11 Å². The minimum atomic E-state index is 0.287. The normalized spacial score (nSPS) is 13.4. The molecule has 3 heteroatoms. The third-order valence-corrected chi connectivity index (χ3v) is 2.41. The first-order chi connectivity index (χ1) is 5.31. The molecule has 0 aromatic rings. The van der Waals surface area contributed by atoms with Gasteiger partial charge in [-0.25, -0.2) is 0 Å². The van der Waals surface area contributed by atoms with E-state index in [9.17, 15) is 0 Å². The summed E-state index contributed by atoms with van der Waals surface area (Å²) in [5.74, 6) is 2.36. The van der Waals surface area contributed by atoms with E-state index in [1.165, 1.54) is 11.5 Å². The van der Waals surface area contributed by atoms with Crippen LogP contribution in [0.15, 0.2) is 0 Å². The van der Waals surface area contributed by atoms with Crippen molar-refractivity contribution in [2.24, 2.45) is 0 Å². The van der Waals surface area contributed by atoms with E-state index in [2.05, 4.69) is 19.2 Å². The van der Waals surface area contributed by atoms with Crippen LogP contribution in [0.1, 0.15) is 20.3 Å². The zero-order valence-corrected chi connectivity index (χ0v) is 8.28. The summed E-state index contributed by atoms with van der Waals surface area (Å²) in [7, 11) is 0. The molecule has 0 fully saturated rings. The average molecular weight is 177 g/mol. The smallest absolute Gasteiger partial charge is 0.0445 e. The zero-order chi connectivity index (χ0) is 8.53. The number of nitrogens with one attached hydrogen (secondary N) is 1. The standard InChI is InChI=1S/C8H19NOS/c1-3-11-7-5-9-8(2)4-6-10/h8-10H,3-7H2,1-2H3. The number of aliphatic hydroxyl groups is 1. The Kier molecular flexibility index (Phi) is 8.57. The second-order valence-electron chi connectivity index (χ2n) is 2.56. The molecule has 0 saturated heterocycles. The molecular weight excluding hydrogens is 158 g/mol. The molecule has 11 heavy (non-hydrogen) atoms. The Morgan fingerprint density at radius 1 is 1.55 bits per heavy atom. The van der Waals surface area contributed by atoms with Gasteiger partial charge in [-0.15, -0.1) is 0 Å².